The van der Waals surface area contributed by atoms with Crippen LogP contribution in [-0.4, -0.2) is 17.7 Å². The van der Waals surface area contributed by atoms with Gasteiger partial charge in [0.25, 0.3) is 0 Å². The molecule has 4 nitrogen and oxygen atoms in total. The van der Waals surface area contributed by atoms with Crippen LogP contribution in [0, 0.1) is 0 Å². The third-order valence-corrected chi connectivity index (χ3v) is 0.749. The fraction of sp³-hybridized carbons (Fsp3) is 0. The minimum Gasteiger partial charge on any atom is -0.430 e. The summed E-state index contributed by atoms with van der Waals surface area (Å²) in [5.41, 5.74) is 2.42. The molecule has 0 aromatic carbocycles. The summed E-state index contributed by atoms with van der Waals surface area (Å²) in [4.78, 5) is 4.55. The van der Waals surface area contributed by atoms with Crippen LogP contribution in [0.2, 0.25) is 0 Å². The van der Waals surface area contributed by atoms with Crippen LogP contribution in [-0.2, 0) is 4.84 Å². The molecule has 0 unspecified atom stereocenters. The number of rotatable bonds is 0. The summed E-state index contributed by atoms with van der Waals surface area (Å²) in [6.07, 6.45) is 4.91. The second-order valence-electron chi connectivity index (χ2n) is 1.20. The number of halogens is 1. The maximum absolute atomic E-state index is 7.12. The Kier molecular flexibility index (Phi) is 6.06. The zero-order valence-electron chi connectivity index (χ0n) is 5.12. The van der Waals surface area contributed by atoms with Crippen molar-refractivity contribution in [2.75, 3.05) is 0 Å². The highest BCUT2D eigenvalue weighted by atomic mass is 35.5. The average molecular weight is 163 g/mol. The molecule has 1 aliphatic heterocycles. The monoisotopic (exact) mass is 163 g/mol. The molecule has 1 rings (SSSR count). The van der Waals surface area contributed by atoms with Gasteiger partial charge in [-0.1, -0.05) is 11.6 Å². The van der Waals surface area contributed by atoms with Gasteiger partial charge >= 0.3 is 7.69 Å². The number of hydroxylamine groups is 1. The van der Waals surface area contributed by atoms with Gasteiger partial charge in [-0.25, -0.2) is 5.48 Å². The van der Waals surface area contributed by atoms with Crippen LogP contribution in [0.1, 0.15) is 0 Å². The molecule has 3 N–H and O–H groups in total. The Labute approximate surface area is 64.0 Å². The van der Waals surface area contributed by atoms with E-state index in [4.69, 9.17) is 21.6 Å². The Bertz CT molecular complexity index is 138. The molecule has 0 aliphatic carbocycles. The molecule has 0 atom stereocenters. The lowest BCUT2D eigenvalue weighted by atomic mass is 10.5. The standard InChI is InChI=1S/C4H4ClNO.BH3O2/c5-4-2-1-3-7-6-4;2-1-3/h1-3,6H;1-3H. The van der Waals surface area contributed by atoms with Gasteiger partial charge in [0.2, 0.25) is 0 Å². The second-order valence-corrected chi connectivity index (χ2v) is 1.61. The van der Waals surface area contributed by atoms with Gasteiger partial charge in [-0.2, -0.15) is 0 Å². The SMILES string of the molecule is ClC1=CC=CON1.OBO. The van der Waals surface area contributed by atoms with Crippen molar-refractivity contribution in [2.24, 2.45) is 0 Å². The Hall–Kier alpha value is -0.645. The van der Waals surface area contributed by atoms with E-state index in [1.165, 1.54) is 6.26 Å². The van der Waals surface area contributed by atoms with Gasteiger partial charge < -0.3 is 14.9 Å². The summed E-state index contributed by atoms with van der Waals surface area (Å²) < 4.78 is 0. The smallest absolute Gasteiger partial charge is 0.430 e. The van der Waals surface area contributed by atoms with Crippen molar-refractivity contribution in [3.8, 4) is 0 Å². The molecule has 0 amide bonds. The number of nitrogens with one attached hydrogen (secondary N) is 1. The third-order valence-electron chi connectivity index (χ3n) is 0.546. The van der Waals surface area contributed by atoms with E-state index in [1.807, 2.05) is 0 Å². The Morgan fingerprint density at radius 2 is 2.20 bits per heavy atom. The van der Waals surface area contributed by atoms with Crippen LogP contribution in [0.5, 0.6) is 0 Å². The highest BCUT2D eigenvalue weighted by molar-refractivity contribution is 6.29. The van der Waals surface area contributed by atoms with Gasteiger partial charge in [0.05, 0.1) is 0 Å². The van der Waals surface area contributed by atoms with E-state index < -0.39 is 7.69 Å². The van der Waals surface area contributed by atoms with Crippen LogP contribution in [0.3, 0.4) is 0 Å². The van der Waals surface area contributed by atoms with Gasteiger partial charge in [-0.3, -0.25) is 0 Å². The predicted molar refractivity (Wildman–Crippen MR) is 38.9 cm³/mol. The van der Waals surface area contributed by atoms with Crippen molar-refractivity contribution in [2.45, 2.75) is 0 Å². The van der Waals surface area contributed by atoms with Crippen LogP contribution >= 0.6 is 11.6 Å². The molecule has 0 spiro atoms. The van der Waals surface area contributed by atoms with Crippen molar-refractivity contribution in [3.05, 3.63) is 23.6 Å². The highest BCUT2D eigenvalue weighted by Gasteiger charge is 1.88. The Morgan fingerprint density at radius 3 is 2.40 bits per heavy atom. The van der Waals surface area contributed by atoms with E-state index >= 15 is 0 Å². The summed E-state index contributed by atoms with van der Waals surface area (Å²) >= 11 is 5.39. The van der Waals surface area contributed by atoms with Crippen LogP contribution < -0.4 is 5.48 Å². The maximum Gasteiger partial charge on any atom is 0.432 e. The molecule has 1 heterocycles. The van der Waals surface area contributed by atoms with E-state index in [1.54, 1.807) is 12.2 Å². The first-order chi connectivity index (χ1) is 4.81. The van der Waals surface area contributed by atoms with Crippen molar-refractivity contribution < 1.29 is 14.9 Å². The Morgan fingerprint density at radius 1 is 1.60 bits per heavy atom. The molecule has 0 fully saturated rings. The minimum absolute atomic E-state index is 0.502. The average Bonchev–Trinajstić information content (AvgIpc) is 1.91. The third kappa shape index (κ3) is 5.49. The molecule has 0 aromatic rings. The summed E-state index contributed by atoms with van der Waals surface area (Å²) in [5.74, 6) is 0. The lowest BCUT2D eigenvalue weighted by Crippen LogP contribution is -2.07. The molecule has 10 heavy (non-hydrogen) atoms. The normalized spacial score (nSPS) is 13.3. The predicted octanol–water partition coefficient (Wildman–Crippen LogP) is -0.647. The fourth-order valence-corrected chi connectivity index (χ4v) is 0.405. The molecule has 0 aromatic heterocycles. The van der Waals surface area contributed by atoms with Crippen molar-refractivity contribution >= 4 is 19.3 Å². The van der Waals surface area contributed by atoms with E-state index in [2.05, 4.69) is 10.3 Å². The van der Waals surface area contributed by atoms with Crippen molar-refractivity contribution in [3.63, 3.8) is 0 Å². The second kappa shape index (κ2) is 6.47. The number of hydrogen-bond acceptors (Lipinski definition) is 4. The van der Waals surface area contributed by atoms with E-state index in [-0.39, 0.29) is 0 Å². The van der Waals surface area contributed by atoms with E-state index in [9.17, 15) is 0 Å². The first-order valence-electron chi connectivity index (χ1n) is 2.47. The van der Waals surface area contributed by atoms with Crippen LogP contribution in [0.25, 0.3) is 0 Å². The first-order valence-corrected chi connectivity index (χ1v) is 2.84. The zero-order valence-corrected chi connectivity index (χ0v) is 5.88. The molecule has 6 heteroatoms. The minimum atomic E-state index is -0.750. The quantitative estimate of drug-likeness (QED) is 0.328. The summed E-state index contributed by atoms with van der Waals surface area (Å²) in [7, 11) is -0.750. The van der Waals surface area contributed by atoms with Crippen LogP contribution in [0.4, 0.5) is 0 Å². The molecular formula is C4H7BClNO3. The largest absolute Gasteiger partial charge is 0.432 e. The van der Waals surface area contributed by atoms with Gasteiger partial charge in [-0.05, 0) is 12.2 Å². The van der Waals surface area contributed by atoms with Gasteiger partial charge in [-0.15, -0.1) is 0 Å². The van der Waals surface area contributed by atoms with Crippen molar-refractivity contribution in [1.82, 2.24) is 5.48 Å². The summed E-state index contributed by atoms with van der Waals surface area (Å²) in [6.45, 7) is 0. The van der Waals surface area contributed by atoms with E-state index in [0.717, 1.165) is 0 Å². The number of hydrogen-bond donors (Lipinski definition) is 3. The molecular weight excluding hydrogens is 156 g/mol. The van der Waals surface area contributed by atoms with Gasteiger partial charge in [0, 0.05) is 0 Å². The van der Waals surface area contributed by atoms with Gasteiger partial charge in [0.15, 0.2) is 0 Å². The summed E-state index contributed by atoms with van der Waals surface area (Å²) in [6, 6.07) is 0. The number of allylic oxidation sites excluding steroid dienone is 2. The van der Waals surface area contributed by atoms with Crippen LogP contribution in [0.15, 0.2) is 23.6 Å². The van der Waals surface area contributed by atoms with Gasteiger partial charge in [0.1, 0.15) is 11.4 Å². The topological polar surface area (TPSA) is 61.7 Å². The molecule has 0 saturated carbocycles. The Balaban J connectivity index is 0.000000236. The van der Waals surface area contributed by atoms with Crippen molar-refractivity contribution in [1.29, 1.82) is 0 Å². The molecule has 0 saturated heterocycles. The molecule has 56 valence electrons. The highest BCUT2D eigenvalue weighted by Crippen LogP contribution is 1.99. The fourth-order valence-electron chi connectivity index (χ4n) is 0.287. The molecule has 0 radical (unpaired) electrons. The molecule has 1 aliphatic rings. The zero-order chi connectivity index (χ0) is 7.82. The van der Waals surface area contributed by atoms with E-state index in [0.29, 0.717) is 5.16 Å². The first kappa shape index (κ1) is 9.35. The lowest BCUT2D eigenvalue weighted by Gasteiger charge is -2.03. The maximum atomic E-state index is 7.12. The lowest BCUT2D eigenvalue weighted by molar-refractivity contribution is 0.167. The summed E-state index contributed by atoms with van der Waals surface area (Å²) in [5, 5.41) is 14.8. The molecule has 0 bridgehead atoms.